The third-order valence-electron chi connectivity index (χ3n) is 5.00. The number of nitrogens with two attached hydrogens (primary N) is 1. The van der Waals surface area contributed by atoms with Gasteiger partial charge in [0.2, 0.25) is 0 Å². The summed E-state index contributed by atoms with van der Waals surface area (Å²) in [7, 11) is 2.74. The molecule has 0 saturated heterocycles. The van der Waals surface area contributed by atoms with Crippen LogP contribution in [0.5, 0.6) is 0 Å². The van der Waals surface area contributed by atoms with Crippen LogP contribution in [0.25, 0.3) is 16.4 Å². The molecule has 3 aromatic heterocycles. The highest BCUT2D eigenvalue weighted by molar-refractivity contribution is 8.00. The Labute approximate surface area is 191 Å². The maximum Gasteiger partial charge on any atom is 0.332 e. The summed E-state index contributed by atoms with van der Waals surface area (Å²) in [5.74, 6) is 0.0224. The van der Waals surface area contributed by atoms with Crippen LogP contribution in [0.15, 0.2) is 62.6 Å². The number of thioether (sulfide) groups is 1. The topological polar surface area (TPSA) is 118 Å². The number of hydrogen-bond acceptors (Lipinski definition) is 8. The van der Waals surface area contributed by atoms with Gasteiger partial charge < -0.3 is 5.73 Å². The van der Waals surface area contributed by atoms with Crippen molar-refractivity contribution < 1.29 is 4.79 Å². The highest BCUT2D eigenvalue weighted by Gasteiger charge is 2.28. The highest BCUT2D eigenvalue weighted by atomic mass is 32.2. The lowest BCUT2D eigenvalue weighted by Crippen LogP contribution is -2.42. The molecule has 9 nitrogen and oxygen atoms in total. The number of nitrogens with zero attached hydrogens (tertiary/aromatic N) is 5. The Kier molecular flexibility index (Phi) is 5.85. The van der Waals surface area contributed by atoms with E-state index in [0.717, 1.165) is 19.7 Å². The average Bonchev–Trinajstić information content (AvgIpc) is 3.47. The molecule has 4 rings (SSSR count). The summed E-state index contributed by atoms with van der Waals surface area (Å²) in [6.45, 7) is 1.67. The number of carbonyl (C=O) groups excluding carboxylic acids is 1. The van der Waals surface area contributed by atoms with Crippen LogP contribution in [0.4, 0.5) is 5.82 Å². The van der Waals surface area contributed by atoms with Crippen LogP contribution in [0, 0.1) is 0 Å². The van der Waals surface area contributed by atoms with Crippen LogP contribution < -0.4 is 17.0 Å². The maximum atomic E-state index is 13.2. The van der Waals surface area contributed by atoms with E-state index in [1.165, 1.54) is 37.2 Å². The van der Waals surface area contributed by atoms with E-state index in [1.54, 1.807) is 6.92 Å². The molecule has 32 heavy (non-hydrogen) atoms. The maximum absolute atomic E-state index is 13.2. The first kappa shape index (κ1) is 21.8. The number of rotatable bonds is 6. The van der Waals surface area contributed by atoms with Gasteiger partial charge in [-0.3, -0.25) is 23.3 Å². The number of anilines is 1. The molecule has 11 heteroatoms. The van der Waals surface area contributed by atoms with Crippen molar-refractivity contribution in [3.8, 4) is 16.4 Å². The normalized spacial score (nSPS) is 12.1. The summed E-state index contributed by atoms with van der Waals surface area (Å²) in [5.41, 5.74) is 5.30. The largest absolute Gasteiger partial charge is 0.384 e. The molecule has 0 aliphatic heterocycles. The highest BCUT2D eigenvalue weighted by Crippen LogP contribution is 2.32. The van der Waals surface area contributed by atoms with E-state index < -0.39 is 22.3 Å². The van der Waals surface area contributed by atoms with Crippen molar-refractivity contribution in [2.75, 3.05) is 5.73 Å². The molecule has 0 radical (unpaired) electrons. The Morgan fingerprint density at radius 1 is 1.06 bits per heavy atom. The van der Waals surface area contributed by atoms with E-state index >= 15 is 0 Å². The number of para-hydroxylation sites is 1. The number of ketones is 1. The number of carbonyl (C=O) groups is 1. The molecule has 3 heterocycles. The Morgan fingerprint density at radius 3 is 2.44 bits per heavy atom. The zero-order valence-electron chi connectivity index (χ0n) is 17.6. The number of hydrogen-bond donors (Lipinski definition) is 1. The minimum atomic E-state index is -0.716. The van der Waals surface area contributed by atoms with Crippen molar-refractivity contribution in [1.29, 1.82) is 0 Å². The van der Waals surface area contributed by atoms with E-state index in [9.17, 15) is 14.4 Å². The first-order valence-corrected chi connectivity index (χ1v) is 11.4. The zero-order chi connectivity index (χ0) is 23.0. The van der Waals surface area contributed by atoms with Gasteiger partial charge in [0.05, 0.1) is 10.1 Å². The van der Waals surface area contributed by atoms with Crippen LogP contribution in [-0.2, 0) is 14.1 Å². The first-order valence-electron chi connectivity index (χ1n) is 9.62. The lowest BCUT2D eigenvalue weighted by molar-refractivity contribution is 0.0992. The number of thiophene rings is 1. The summed E-state index contributed by atoms with van der Waals surface area (Å²) in [5, 5.41) is 10.4. The molecule has 2 N–H and O–H groups in total. The van der Waals surface area contributed by atoms with Gasteiger partial charge in [-0.1, -0.05) is 36.0 Å². The standard InChI is InChI=1S/C21H20N6O3S2/c1-12(16(28)15-17(22)25(2)21(30)26(3)19(15)29)32-20-24-23-18(14-10-7-11-31-14)27(20)13-8-5-4-6-9-13/h4-12H,22H2,1-3H3. The molecule has 4 aromatic rings. The Morgan fingerprint density at radius 2 is 1.78 bits per heavy atom. The summed E-state index contributed by atoms with van der Waals surface area (Å²) in [6.07, 6.45) is 0. The van der Waals surface area contributed by atoms with E-state index in [2.05, 4.69) is 10.2 Å². The molecular formula is C21H20N6O3S2. The summed E-state index contributed by atoms with van der Waals surface area (Å²) in [4.78, 5) is 38.8. The van der Waals surface area contributed by atoms with Crippen molar-refractivity contribution in [2.24, 2.45) is 14.1 Å². The molecular weight excluding hydrogens is 448 g/mol. The molecule has 1 unspecified atom stereocenters. The molecule has 0 bridgehead atoms. The predicted molar refractivity (Wildman–Crippen MR) is 126 cm³/mol. The molecule has 1 atom stereocenters. The van der Waals surface area contributed by atoms with Crippen LogP contribution in [-0.4, -0.2) is 34.9 Å². The van der Waals surface area contributed by atoms with Crippen molar-refractivity contribution in [2.45, 2.75) is 17.3 Å². The minimum Gasteiger partial charge on any atom is -0.384 e. The number of benzene rings is 1. The van der Waals surface area contributed by atoms with Gasteiger partial charge in [0, 0.05) is 19.8 Å². The molecule has 0 spiro atoms. The Hall–Kier alpha value is -3.44. The van der Waals surface area contributed by atoms with E-state index in [1.807, 2.05) is 52.4 Å². The second-order valence-electron chi connectivity index (χ2n) is 7.04. The molecule has 1 aromatic carbocycles. The van der Waals surface area contributed by atoms with Gasteiger partial charge in [-0.05, 0) is 30.5 Å². The number of aromatic nitrogens is 5. The minimum absolute atomic E-state index is 0.153. The van der Waals surface area contributed by atoms with Crippen LogP contribution in [0.2, 0.25) is 0 Å². The fraction of sp³-hybridized carbons (Fsp3) is 0.190. The third kappa shape index (κ3) is 3.69. The second-order valence-corrected chi connectivity index (χ2v) is 9.30. The lowest BCUT2D eigenvalue weighted by atomic mass is 10.1. The van der Waals surface area contributed by atoms with Gasteiger partial charge in [0.25, 0.3) is 5.56 Å². The SMILES string of the molecule is CC(Sc1nnc(-c2cccs2)n1-c1ccccc1)C(=O)c1c(N)n(C)c(=O)n(C)c1=O. The average molecular weight is 469 g/mol. The Balaban J connectivity index is 1.75. The van der Waals surface area contributed by atoms with Gasteiger partial charge in [-0.25, -0.2) is 4.79 Å². The van der Waals surface area contributed by atoms with Gasteiger partial charge >= 0.3 is 5.69 Å². The van der Waals surface area contributed by atoms with Crippen molar-refractivity contribution >= 4 is 34.7 Å². The summed E-state index contributed by atoms with van der Waals surface area (Å²) >= 11 is 2.71. The lowest BCUT2D eigenvalue weighted by Gasteiger charge is -2.15. The van der Waals surface area contributed by atoms with Gasteiger partial charge in [-0.15, -0.1) is 21.5 Å². The van der Waals surface area contributed by atoms with Gasteiger partial charge in [0.1, 0.15) is 11.4 Å². The number of Topliss-reactive ketones (excluding diaryl/α,β-unsaturated/α-hetero) is 1. The van der Waals surface area contributed by atoms with E-state index in [4.69, 9.17) is 5.73 Å². The summed E-state index contributed by atoms with van der Waals surface area (Å²) < 4.78 is 3.85. The van der Waals surface area contributed by atoms with Crippen molar-refractivity contribution in [3.63, 3.8) is 0 Å². The molecule has 0 aliphatic carbocycles. The van der Waals surface area contributed by atoms with E-state index in [0.29, 0.717) is 11.0 Å². The molecule has 0 fully saturated rings. The molecule has 0 aliphatic rings. The molecule has 0 saturated carbocycles. The quantitative estimate of drug-likeness (QED) is 0.341. The zero-order valence-corrected chi connectivity index (χ0v) is 19.2. The fourth-order valence-corrected chi connectivity index (χ4v) is 4.85. The smallest absolute Gasteiger partial charge is 0.332 e. The van der Waals surface area contributed by atoms with Gasteiger partial charge in [-0.2, -0.15) is 0 Å². The van der Waals surface area contributed by atoms with Crippen molar-refractivity contribution in [1.82, 2.24) is 23.9 Å². The first-order chi connectivity index (χ1) is 15.3. The molecule has 164 valence electrons. The fourth-order valence-electron chi connectivity index (χ4n) is 3.23. The monoisotopic (exact) mass is 468 g/mol. The molecule has 0 amide bonds. The van der Waals surface area contributed by atoms with Gasteiger partial charge in [0.15, 0.2) is 16.8 Å². The van der Waals surface area contributed by atoms with E-state index in [-0.39, 0.29) is 11.4 Å². The predicted octanol–water partition coefficient (Wildman–Crippen LogP) is 2.34. The third-order valence-corrected chi connectivity index (χ3v) is 6.91. The van der Waals surface area contributed by atoms with Crippen LogP contribution in [0.1, 0.15) is 17.3 Å². The van der Waals surface area contributed by atoms with Crippen LogP contribution in [0.3, 0.4) is 0 Å². The summed E-state index contributed by atoms with van der Waals surface area (Å²) in [6, 6.07) is 13.5. The second kappa shape index (κ2) is 8.60. The van der Waals surface area contributed by atoms with Crippen LogP contribution >= 0.6 is 23.1 Å². The van der Waals surface area contributed by atoms with Crippen molar-refractivity contribution in [3.05, 3.63) is 74.2 Å². The Bertz CT molecular complexity index is 1400. The number of nitrogen functional groups attached to an aromatic ring is 1.